The van der Waals surface area contributed by atoms with Crippen LogP contribution in [0, 0.1) is 0 Å². The monoisotopic (exact) mass is 236 g/mol. The standard InChI is InChI=1S/C7H3Cl3N2O/c8-4-1-2-6(5(9)3-4)13-7(10)11-12-7/h1-3H. The van der Waals surface area contributed by atoms with Gasteiger partial charge in [0, 0.05) is 5.02 Å². The molecule has 0 unspecified atom stereocenters. The van der Waals surface area contributed by atoms with Gasteiger partial charge in [0.1, 0.15) is 5.75 Å². The van der Waals surface area contributed by atoms with Crippen LogP contribution in [-0.2, 0) is 0 Å². The maximum Gasteiger partial charge on any atom is 0.418 e. The Kier molecular flexibility index (Phi) is 2.10. The fourth-order valence-corrected chi connectivity index (χ4v) is 1.35. The van der Waals surface area contributed by atoms with E-state index in [4.69, 9.17) is 39.5 Å². The average molecular weight is 237 g/mol. The summed E-state index contributed by atoms with van der Waals surface area (Å²) in [5, 5.41) is 6.59. The van der Waals surface area contributed by atoms with Crippen molar-refractivity contribution in [2.75, 3.05) is 0 Å². The number of hydrogen-bond acceptors (Lipinski definition) is 3. The molecule has 1 heterocycles. The number of hydrogen-bond donors (Lipinski definition) is 0. The Morgan fingerprint density at radius 3 is 2.46 bits per heavy atom. The summed E-state index contributed by atoms with van der Waals surface area (Å²) in [6, 6.07) is 4.81. The van der Waals surface area contributed by atoms with Crippen molar-refractivity contribution in [3.63, 3.8) is 0 Å². The van der Waals surface area contributed by atoms with Crippen molar-refractivity contribution in [2.45, 2.75) is 5.31 Å². The van der Waals surface area contributed by atoms with Crippen LogP contribution in [0.3, 0.4) is 0 Å². The van der Waals surface area contributed by atoms with Crippen LogP contribution in [0.4, 0.5) is 0 Å². The molecular formula is C7H3Cl3N2O. The summed E-state index contributed by atoms with van der Waals surface area (Å²) in [7, 11) is 0. The van der Waals surface area contributed by atoms with Gasteiger partial charge < -0.3 is 4.74 Å². The first kappa shape index (κ1) is 9.06. The lowest BCUT2D eigenvalue weighted by Gasteiger charge is -2.07. The fraction of sp³-hybridized carbons (Fsp3) is 0.143. The van der Waals surface area contributed by atoms with Gasteiger partial charge >= 0.3 is 5.31 Å². The van der Waals surface area contributed by atoms with Crippen molar-refractivity contribution >= 4 is 34.8 Å². The lowest BCUT2D eigenvalue weighted by atomic mass is 10.3. The number of halogens is 3. The lowest BCUT2D eigenvalue weighted by molar-refractivity contribution is 0.246. The first-order valence-corrected chi connectivity index (χ1v) is 4.49. The maximum atomic E-state index is 5.81. The van der Waals surface area contributed by atoms with Crippen LogP contribution in [0.2, 0.25) is 10.0 Å². The van der Waals surface area contributed by atoms with Crippen molar-refractivity contribution < 1.29 is 4.74 Å². The smallest absolute Gasteiger partial charge is 0.418 e. The van der Waals surface area contributed by atoms with Gasteiger partial charge in [-0.05, 0) is 29.8 Å². The zero-order valence-electron chi connectivity index (χ0n) is 6.17. The molecule has 0 bridgehead atoms. The molecule has 1 aromatic rings. The van der Waals surface area contributed by atoms with Crippen molar-refractivity contribution in [2.24, 2.45) is 10.2 Å². The van der Waals surface area contributed by atoms with Gasteiger partial charge in [-0.3, -0.25) is 0 Å². The van der Waals surface area contributed by atoms with Gasteiger partial charge in [-0.15, -0.1) is 0 Å². The van der Waals surface area contributed by atoms with E-state index in [2.05, 4.69) is 10.2 Å². The molecule has 0 N–H and O–H groups in total. The summed E-state index contributed by atoms with van der Waals surface area (Å²) >= 11 is 17.1. The van der Waals surface area contributed by atoms with E-state index < -0.39 is 5.31 Å². The Bertz CT molecular complexity index is 374. The van der Waals surface area contributed by atoms with E-state index >= 15 is 0 Å². The topological polar surface area (TPSA) is 34.0 Å². The molecule has 1 aliphatic rings. The number of benzene rings is 1. The maximum absolute atomic E-state index is 5.81. The molecule has 0 spiro atoms. The second kappa shape index (κ2) is 3.01. The fourth-order valence-electron chi connectivity index (χ4n) is 0.778. The van der Waals surface area contributed by atoms with Gasteiger partial charge in [0.2, 0.25) is 0 Å². The first-order chi connectivity index (χ1) is 6.09. The van der Waals surface area contributed by atoms with Crippen LogP contribution in [0.25, 0.3) is 0 Å². The van der Waals surface area contributed by atoms with Gasteiger partial charge in [-0.1, -0.05) is 33.4 Å². The Labute approximate surface area is 89.3 Å². The van der Waals surface area contributed by atoms with Gasteiger partial charge in [0.25, 0.3) is 0 Å². The summed E-state index contributed by atoms with van der Waals surface area (Å²) in [5.74, 6) is 0.408. The highest BCUT2D eigenvalue weighted by Gasteiger charge is 2.41. The molecule has 2 rings (SSSR count). The summed E-state index contributed by atoms with van der Waals surface area (Å²) < 4.78 is 5.14. The van der Waals surface area contributed by atoms with E-state index in [1.54, 1.807) is 18.2 Å². The number of nitrogens with zero attached hydrogens (tertiary/aromatic N) is 2. The Morgan fingerprint density at radius 1 is 1.23 bits per heavy atom. The van der Waals surface area contributed by atoms with Crippen LogP contribution in [0.5, 0.6) is 5.75 Å². The van der Waals surface area contributed by atoms with Gasteiger partial charge in [0.15, 0.2) is 0 Å². The van der Waals surface area contributed by atoms with Gasteiger partial charge in [-0.25, -0.2) is 0 Å². The van der Waals surface area contributed by atoms with E-state index in [1.807, 2.05) is 0 Å². The van der Waals surface area contributed by atoms with E-state index in [0.717, 1.165) is 0 Å². The third-order valence-electron chi connectivity index (χ3n) is 1.39. The van der Waals surface area contributed by atoms with Crippen LogP contribution in [0.1, 0.15) is 0 Å². The highest BCUT2D eigenvalue weighted by atomic mass is 35.5. The average Bonchev–Trinajstić information content (AvgIpc) is 2.75. The second-order valence-corrected chi connectivity index (χ2v) is 3.74. The Morgan fingerprint density at radius 2 is 1.92 bits per heavy atom. The largest absolute Gasteiger partial charge is 0.431 e. The van der Waals surface area contributed by atoms with Crippen molar-refractivity contribution in [1.82, 2.24) is 0 Å². The molecule has 0 aliphatic carbocycles. The molecular weight excluding hydrogens is 234 g/mol. The zero-order valence-corrected chi connectivity index (χ0v) is 8.44. The van der Waals surface area contributed by atoms with Crippen molar-refractivity contribution in [3.8, 4) is 5.75 Å². The SMILES string of the molecule is Clc1ccc(OC2(Cl)N=N2)c(Cl)c1. The minimum absolute atomic E-state index is 0.379. The first-order valence-electron chi connectivity index (χ1n) is 3.36. The molecule has 0 atom stereocenters. The second-order valence-electron chi connectivity index (χ2n) is 2.41. The van der Waals surface area contributed by atoms with Crippen LogP contribution < -0.4 is 4.74 Å². The zero-order chi connectivity index (χ0) is 9.47. The number of alkyl halides is 1. The number of ether oxygens (including phenoxy) is 1. The van der Waals surface area contributed by atoms with E-state index in [1.165, 1.54) is 0 Å². The lowest BCUT2D eigenvalue weighted by Crippen LogP contribution is -2.10. The van der Waals surface area contributed by atoms with Crippen molar-refractivity contribution in [3.05, 3.63) is 28.2 Å². The third-order valence-corrected chi connectivity index (χ3v) is 2.15. The van der Waals surface area contributed by atoms with Gasteiger partial charge in [-0.2, -0.15) is 0 Å². The summed E-state index contributed by atoms with van der Waals surface area (Å²) in [4.78, 5) is 0. The summed E-state index contributed by atoms with van der Waals surface area (Å²) in [6.07, 6.45) is 0. The molecule has 1 aliphatic heterocycles. The molecule has 6 heteroatoms. The predicted octanol–water partition coefficient (Wildman–Crippen LogP) is 3.69. The minimum Gasteiger partial charge on any atom is -0.431 e. The molecule has 1 aromatic carbocycles. The molecule has 68 valence electrons. The molecule has 0 radical (unpaired) electrons. The third kappa shape index (κ3) is 2.05. The normalized spacial score (nSPS) is 17.2. The van der Waals surface area contributed by atoms with Crippen molar-refractivity contribution in [1.29, 1.82) is 0 Å². The molecule has 0 fully saturated rings. The quantitative estimate of drug-likeness (QED) is 0.570. The predicted molar refractivity (Wildman–Crippen MR) is 50.5 cm³/mol. The molecule has 3 nitrogen and oxygen atoms in total. The highest BCUT2D eigenvalue weighted by molar-refractivity contribution is 6.35. The summed E-state index contributed by atoms with van der Waals surface area (Å²) in [6.45, 7) is 0. The minimum atomic E-state index is -1.27. The molecule has 0 amide bonds. The van der Waals surface area contributed by atoms with Gasteiger partial charge in [0.05, 0.1) is 5.02 Å². The van der Waals surface area contributed by atoms with Crippen LogP contribution >= 0.6 is 34.8 Å². The molecule has 13 heavy (non-hydrogen) atoms. The van der Waals surface area contributed by atoms with E-state index in [-0.39, 0.29) is 0 Å². The molecule has 0 saturated carbocycles. The highest BCUT2D eigenvalue weighted by Crippen LogP contribution is 2.38. The van der Waals surface area contributed by atoms with E-state index in [0.29, 0.717) is 15.8 Å². The van der Waals surface area contributed by atoms with E-state index in [9.17, 15) is 0 Å². The Balaban J connectivity index is 2.21. The summed E-state index contributed by atoms with van der Waals surface area (Å²) in [5.41, 5.74) is 0. The number of rotatable bonds is 2. The van der Waals surface area contributed by atoms with Crippen LogP contribution in [-0.4, -0.2) is 5.31 Å². The molecule has 0 saturated heterocycles. The Hall–Kier alpha value is -0.510. The van der Waals surface area contributed by atoms with Crippen LogP contribution in [0.15, 0.2) is 28.4 Å². The molecule has 0 aromatic heterocycles.